The molecule has 0 fully saturated rings. The zero-order chi connectivity index (χ0) is 14.3. The second-order valence-corrected chi connectivity index (χ2v) is 4.52. The van der Waals surface area contributed by atoms with Crippen molar-refractivity contribution in [3.63, 3.8) is 0 Å². The summed E-state index contributed by atoms with van der Waals surface area (Å²) in [5, 5.41) is 15.0. The maximum absolute atomic E-state index is 8.64. The van der Waals surface area contributed by atoms with Crippen LogP contribution >= 0.6 is 0 Å². The molecule has 1 aromatic rings. The van der Waals surface area contributed by atoms with E-state index in [-0.39, 0.29) is 11.9 Å². The molecule has 0 aliphatic rings. The lowest BCUT2D eigenvalue weighted by atomic mass is 10.0. The second-order valence-electron chi connectivity index (χ2n) is 4.52. The van der Waals surface area contributed by atoms with Gasteiger partial charge in [-0.2, -0.15) is 0 Å². The fraction of sp³-hybridized carbons (Fsp3) is 0.500. The molecule has 0 bridgehead atoms. The van der Waals surface area contributed by atoms with Crippen LogP contribution < -0.4 is 11.1 Å². The number of hydrogen-bond donors (Lipinski definition) is 3. The van der Waals surface area contributed by atoms with Crippen LogP contribution in [0.25, 0.3) is 0 Å². The van der Waals surface area contributed by atoms with Gasteiger partial charge in [0.25, 0.3) is 0 Å². The number of ether oxygens (including phenoxy) is 1. The normalized spacial score (nSPS) is 13.5. The molecule has 0 amide bonds. The van der Waals surface area contributed by atoms with E-state index >= 15 is 0 Å². The van der Waals surface area contributed by atoms with E-state index in [2.05, 4.69) is 10.5 Å². The molecule has 0 saturated carbocycles. The van der Waals surface area contributed by atoms with Crippen molar-refractivity contribution in [3.8, 4) is 0 Å². The summed E-state index contributed by atoms with van der Waals surface area (Å²) in [6, 6.07) is 5.75. The van der Waals surface area contributed by atoms with Crippen molar-refractivity contribution in [2.75, 3.05) is 13.2 Å². The topological polar surface area (TPSA) is 79.9 Å². The van der Waals surface area contributed by atoms with Gasteiger partial charge >= 0.3 is 0 Å². The molecule has 0 aromatic heterocycles. The van der Waals surface area contributed by atoms with Gasteiger partial charge in [0.05, 0.1) is 6.10 Å². The Morgan fingerprint density at radius 3 is 2.84 bits per heavy atom. The van der Waals surface area contributed by atoms with E-state index in [4.69, 9.17) is 15.7 Å². The lowest BCUT2D eigenvalue weighted by Gasteiger charge is -2.14. The van der Waals surface area contributed by atoms with E-state index in [0.29, 0.717) is 0 Å². The minimum atomic E-state index is 0.132. The van der Waals surface area contributed by atoms with Crippen molar-refractivity contribution in [3.05, 3.63) is 34.9 Å². The number of nitrogens with two attached hydrogens (primary N) is 1. The first-order valence-corrected chi connectivity index (χ1v) is 6.48. The summed E-state index contributed by atoms with van der Waals surface area (Å²) < 4.78 is 5.45. The highest BCUT2D eigenvalue weighted by Gasteiger charge is 2.05. The van der Waals surface area contributed by atoms with E-state index in [1.807, 2.05) is 39.0 Å². The zero-order valence-corrected chi connectivity index (χ0v) is 11.8. The summed E-state index contributed by atoms with van der Waals surface area (Å²) in [6.45, 7) is 8.37. The standard InChI is InChI=1S/C14H23N3O2/c1-4-19-11(3)8-16-9-13-6-5-12(7-10(13)2)14(15)17-18/h5-7,11,16,18H,4,8-9H2,1-3H3,(H2,15,17). The van der Waals surface area contributed by atoms with Gasteiger partial charge in [0, 0.05) is 25.3 Å². The number of benzene rings is 1. The molecular formula is C14H23N3O2. The molecule has 0 radical (unpaired) electrons. The van der Waals surface area contributed by atoms with E-state index < -0.39 is 0 Å². The maximum Gasteiger partial charge on any atom is 0.170 e. The Morgan fingerprint density at radius 1 is 1.53 bits per heavy atom. The average molecular weight is 265 g/mol. The van der Waals surface area contributed by atoms with Gasteiger partial charge < -0.3 is 21.0 Å². The maximum atomic E-state index is 8.64. The van der Waals surface area contributed by atoms with Gasteiger partial charge in [0.1, 0.15) is 0 Å². The van der Waals surface area contributed by atoms with Gasteiger partial charge in [-0.3, -0.25) is 0 Å². The monoisotopic (exact) mass is 265 g/mol. The number of nitrogens with one attached hydrogen (secondary N) is 1. The van der Waals surface area contributed by atoms with Crippen molar-refractivity contribution in [2.24, 2.45) is 10.9 Å². The molecule has 5 heteroatoms. The van der Waals surface area contributed by atoms with Crippen molar-refractivity contribution in [2.45, 2.75) is 33.4 Å². The Bertz CT molecular complexity index is 433. The summed E-state index contributed by atoms with van der Waals surface area (Å²) in [5.74, 6) is 0.132. The molecule has 5 nitrogen and oxygen atoms in total. The summed E-state index contributed by atoms with van der Waals surface area (Å²) in [4.78, 5) is 0. The van der Waals surface area contributed by atoms with E-state index in [1.54, 1.807) is 0 Å². The van der Waals surface area contributed by atoms with E-state index in [0.717, 1.165) is 30.8 Å². The third-order valence-corrected chi connectivity index (χ3v) is 2.94. The number of rotatable bonds is 7. The molecule has 1 rings (SSSR count). The zero-order valence-electron chi connectivity index (χ0n) is 11.8. The Balaban J connectivity index is 2.56. The van der Waals surface area contributed by atoms with Gasteiger partial charge in [0.2, 0.25) is 0 Å². The molecule has 1 unspecified atom stereocenters. The Hall–Kier alpha value is -1.59. The molecule has 0 saturated heterocycles. The van der Waals surface area contributed by atoms with Crippen LogP contribution in [0.4, 0.5) is 0 Å². The molecule has 0 spiro atoms. The molecule has 19 heavy (non-hydrogen) atoms. The largest absolute Gasteiger partial charge is 0.409 e. The Morgan fingerprint density at radius 2 is 2.26 bits per heavy atom. The summed E-state index contributed by atoms with van der Waals surface area (Å²) in [7, 11) is 0. The highest BCUT2D eigenvalue weighted by Crippen LogP contribution is 2.11. The van der Waals surface area contributed by atoms with Gasteiger partial charge in [-0.05, 0) is 38.0 Å². The summed E-state index contributed by atoms with van der Waals surface area (Å²) >= 11 is 0. The third kappa shape index (κ3) is 4.89. The predicted molar refractivity (Wildman–Crippen MR) is 76.5 cm³/mol. The van der Waals surface area contributed by atoms with Crippen molar-refractivity contribution < 1.29 is 9.94 Å². The van der Waals surface area contributed by atoms with Crippen LogP contribution in [0.1, 0.15) is 30.5 Å². The van der Waals surface area contributed by atoms with Gasteiger partial charge in [-0.15, -0.1) is 0 Å². The molecule has 106 valence electrons. The lowest BCUT2D eigenvalue weighted by molar-refractivity contribution is 0.0759. The molecule has 4 N–H and O–H groups in total. The Kier molecular flexibility index (Phi) is 6.32. The number of aryl methyl sites for hydroxylation is 1. The first-order chi connectivity index (χ1) is 9.08. The lowest BCUT2D eigenvalue weighted by Crippen LogP contribution is -2.26. The van der Waals surface area contributed by atoms with Crippen LogP contribution in [-0.4, -0.2) is 30.3 Å². The second kappa shape index (κ2) is 7.76. The van der Waals surface area contributed by atoms with Crippen LogP contribution in [0.2, 0.25) is 0 Å². The predicted octanol–water partition coefficient (Wildman–Crippen LogP) is 1.60. The van der Waals surface area contributed by atoms with Crippen molar-refractivity contribution in [1.29, 1.82) is 0 Å². The van der Waals surface area contributed by atoms with E-state index in [1.165, 1.54) is 5.56 Å². The summed E-state index contributed by atoms with van der Waals surface area (Å²) in [5.41, 5.74) is 8.59. The quantitative estimate of drug-likeness (QED) is 0.303. The molecule has 0 aliphatic carbocycles. The first kappa shape index (κ1) is 15.5. The first-order valence-electron chi connectivity index (χ1n) is 6.48. The fourth-order valence-corrected chi connectivity index (χ4v) is 1.86. The van der Waals surface area contributed by atoms with Gasteiger partial charge in [-0.25, -0.2) is 0 Å². The van der Waals surface area contributed by atoms with Gasteiger partial charge in [0.15, 0.2) is 5.84 Å². The van der Waals surface area contributed by atoms with Gasteiger partial charge in [-0.1, -0.05) is 17.3 Å². The smallest absolute Gasteiger partial charge is 0.170 e. The third-order valence-electron chi connectivity index (χ3n) is 2.94. The van der Waals surface area contributed by atoms with E-state index in [9.17, 15) is 0 Å². The van der Waals surface area contributed by atoms with Crippen molar-refractivity contribution >= 4 is 5.84 Å². The molecule has 1 atom stereocenters. The number of oxime groups is 1. The van der Waals surface area contributed by atoms with Crippen molar-refractivity contribution in [1.82, 2.24) is 5.32 Å². The molecular weight excluding hydrogens is 242 g/mol. The highest BCUT2D eigenvalue weighted by atomic mass is 16.5. The van der Waals surface area contributed by atoms with Crippen LogP contribution in [-0.2, 0) is 11.3 Å². The van der Waals surface area contributed by atoms with Crippen LogP contribution in [0.3, 0.4) is 0 Å². The average Bonchev–Trinajstić information content (AvgIpc) is 2.40. The van der Waals surface area contributed by atoms with Crippen LogP contribution in [0, 0.1) is 6.92 Å². The van der Waals surface area contributed by atoms with Crippen LogP contribution in [0.5, 0.6) is 0 Å². The van der Waals surface area contributed by atoms with Crippen LogP contribution in [0.15, 0.2) is 23.4 Å². The minimum absolute atomic E-state index is 0.132. The SMILES string of the molecule is CCOC(C)CNCc1ccc(/C(N)=N/O)cc1C. The fourth-order valence-electron chi connectivity index (χ4n) is 1.86. The number of hydrogen-bond acceptors (Lipinski definition) is 4. The number of amidine groups is 1. The number of nitrogens with zero attached hydrogens (tertiary/aromatic N) is 1. The molecule has 1 aromatic carbocycles. The minimum Gasteiger partial charge on any atom is -0.409 e. The Labute approximate surface area is 114 Å². The summed E-state index contributed by atoms with van der Waals surface area (Å²) in [6.07, 6.45) is 0.210. The molecule has 0 aliphatic heterocycles. The highest BCUT2D eigenvalue weighted by molar-refractivity contribution is 5.97. The molecule has 0 heterocycles.